The summed E-state index contributed by atoms with van der Waals surface area (Å²) in [7, 11) is 3.94. The summed E-state index contributed by atoms with van der Waals surface area (Å²) in [5.74, 6) is 0.167. The molecule has 2 saturated heterocycles. The summed E-state index contributed by atoms with van der Waals surface area (Å²) < 4.78 is 6.01. The summed E-state index contributed by atoms with van der Waals surface area (Å²) in [5.41, 5.74) is 0.593. The van der Waals surface area contributed by atoms with Crippen molar-refractivity contribution in [3.8, 4) is 0 Å². The predicted molar refractivity (Wildman–Crippen MR) is 107 cm³/mol. The summed E-state index contributed by atoms with van der Waals surface area (Å²) in [4.78, 5) is 31.4. The van der Waals surface area contributed by atoms with Gasteiger partial charge < -0.3 is 14.5 Å². The van der Waals surface area contributed by atoms with Crippen molar-refractivity contribution in [1.29, 1.82) is 0 Å². The number of carbonyl (C=O) groups is 2. The third-order valence-corrected chi connectivity index (χ3v) is 7.02. The van der Waals surface area contributed by atoms with Crippen molar-refractivity contribution < 1.29 is 14.3 Å². The third-order valence-electron chi connectivity index (χ3n) is 7.02. The highest BCUT2D eigenvalue weighted by atomic mass is 16.5. The van der Waals surface area contributed by atoms with Crippen LogP contribution < -0.4 is 0 Å². The number of hydrogen-bond acceptors (Lipinski definition) is 4. The van der Waals surface area contributed by atoms with Crippen molar-refractivity contribution in [1.82, 2.24) is 14.7 Å². The van der Waals surface area contributed by atoms with E-state index < -0.39 is 5.54 Å². The molecule has 1 aliphatic carbocycles. The maximum atomic E-state index is 13.0. The lowest BCUT2D eigenvalue weighted by molar-refractivity contribution is -0.184. The number of nitrogens with zero attached hydrogens (tertiary/aromatic N) is 3. The fourth-order valence-electron chi connectivity index (χ4n) is 5.24. The van der Waals surface area contributed by atoms with Crippen LogP contribution in [-0.4, -0.2) is 79.0 Å². The lowest BCUT2D eigenvalue weighted by Gasteiger charge is -2.54. The first-order valence-electron chi connectivity index (χ1n) is 10.4. The molecule has 2 atom stereocenters. The number of ether oxygens (including phenoxy) is 1. The fraction of sp³-hybridized carbons (Fsp3) is 0.636. The van der Waals surface area contributed by atoms with E-state index in [1.165, 1.54) is 25.7 Å². The highest BCUT2D eigenvalue weighted by Crippen LogP contribution is 2.42. The van der Waals surface area contributed by atoms with Gasteiger partial charge in [-0.3, -0.25) is 14.5 Å². The third kappa shape index (κ3) is 3.33. The van der Waals surface area contributed by atoms with E-state index in [0.717, 1.165) is 5.56 Å². The van der Waals surface area contributed by atoms with Crippen LogP contribution in [-0.2, 0) is 19.9 Å². The van der Waals surface area contributed by atoms with Gasteiger partial charge in [0.25, 0.3) is 0 Å². The first-order chi connectivity index (χ1) is 13.5. The number of carbonyl (C=O) groups excluding carboxylic acids is 2. The van der Waals surface area contributed by atoms with E-state index in [1.807, 2.05) is 35.0 Å². The van der Waals surface area contributed by atoms with Crippen molar-refractivity contribution in [3.05, 3.63) is 35.9 Å². The molecule has 0 N–H and O–H groups in total. The minimum atomic E-state index is -0.495. The van der Waals surface area contributed by atoms with Crippen LogP contribution in [0.15, 0.2) is 30.3 Å². The summed E-state index contributed by atoms with van der Waals surface area (Å²) in [5, 5.41) is 0. The smallest absolute Gasteiger partial charge is 0.249 e. The molecule has 0 unspecified atom stereocenters. The Morgan fingerprint density at radius 1 is 1.25 bits per heavy atom. The van der Waals surface area contributed by atoms with Crippen LogP contribution in [0.25, 0.3) is 0 Å². The van der Waals surface area contributed by atoms with Crippen LogP contribution in [0.1, 0.15) is 37.7 Å². The summed E-state index contributed by atoms with van der Waals surface area (Å²) >= 11 is 0. The monoisotopic (exact) mass is 385 g/mol. The first kappa shape index (κ1) is 19.4. The fourth-order valence-corrected chi connectivity index (χ4v) is 5.24. The van der Waals surface area contributed by atoms with E-state index in [0.29, 0.717) is 32.1 Å². The second-order valence-corrected chi connectivity index (χ2v) is 8.49. The summed E-state index contributed by atoms with van der Waals surface area (Å²) in [6, 6.07) is 10.7. The molecule has 28 heavy (non-hydrogen) atoms. The molecule has 1 aromatic carbocycles. The van der Waals surface area contributed by atoms with Crippen molar-refractivity contribution in [2.45, 2.75) is 49.8 Å². The molecule has 1 saturated carbocycles. The Hall–Kier alpha value is -1.92. The van der Waals surface area contributed by atoms with Gasteiger partial charge in [-0.15, -0.1) is 0 Å². The number of morpholine rings is 1. The Morgan fingerprint density at radius 3 is 2.68 bits per heavy atom. The average Bonchev–Trinajstić information content (AvgIpc) is 3.26. The van der Waals surface area contributed by atoms with Crippen LogP contribution in [0.3, 0.4) is 0 Å². The van der Waals surface area contributed by atoms with Crippen LogP contribution in [0.2, 0.25) is 0 Å². The minimum Gasteiger partial charge on any atom is -0.364 e. The predicted octanol–water partition coefficient (Wildman–Crippen LogP) is 1.85. The lowest BCUT2D eigenvalue weighted by atomic mass is 9.76. The lowest BCUT2D eigenvalue weighted by Crippen LogP contribution is -2.67. The van der Waals surface area contributed by atoms with Gasteiger partial charge in [-0.05, 0) is 31.9 Å². The van der Waals surface area contributed by atoms with Gasteiger partial charge >= 0.3 is 0 Å². The van der Waals surface area contributed by atoms with E-state index in [9.17, 15) is 9.59 Å². The number of likely N-dealkylation sites (N-methyl/N-ethyl adjacent to an activating group) is 2. The Morgan fingerprint density at radius 2 is 1.96 bits per heavy atom. The van der Waals surface area contributed by atoms with Gasteiger partial charge in [-0.1, -0.05) is 43.2 Å². The summed E-state index contributed by atoms with van der Waals surface area (Å²) in [6.45, 7) is 1.72. The SMILES string of the molecule is CN(CC(=O)N1CC[C@]2(c3ccccc3)[C@@H](C1)OCC(=O)N2C)C1CCCC1. The molecule has 0 bridgehead atoms. The van der Waals surface area contributed by atoms with Gasteiger partial charge in [0, 0.05) is 26.2 Å². The molecular formula is C22H31N3O3. The van der Waals surface area contributed by atoms with Crippen LogP contribution in [0.4, 0.5) is 0 Å². The molecule has 2 aliphatic heterocycles. The molecule has 2 amide bonds. The number of rotatable bonds is 4. The van der Waals surface area contributed by atoms with E-state index in [1.54, 1.807) is 0 Å². The second kappa shape index (κ2) is 7.84. The van der Waals surface area contributed by atoms with Gasteiger partial charge in [-0.2, -0.15) is 0 Å². The topological polar surface area (TPSA) is 53.1 Å². The molecule has 0 spiro atoms. The average molecular weight is 386 g/mol. The van der Waals surface area contributed by atoms with Gasteiger partial charge in [-0.25, -0.2) is 0 Å². The number of amides is 2. The van der Waals surface area contributed by atoms with Crippen molar-refractivity contribution >= 4 is 11.8 Å². The molecular weight excluding hydrogens is 354 g/mol. The molecule has 0 aromatic heterocycles. The van der Waals surface area contributed by atoms with Gasteiger partial charge in [0.2, 0.25) is 11.8 Å². The number of likely N-dealkylation sites (tertiary alicyclic amines) is 1. The van der Waals surface area contributed by atoms with Crippen LogP contribution >= 0.6 is 0 Å². The van der Waals surface area contributed by atoms with Crippen LogP contribution in [0, 0.1) is 0 Å². The number of benzene rings is 1. The van der Waals surface area contributed by atoms with E-state index in [2.05, 4.69) is 24.1 Å². The van der Waals surface area contributed by atoms with Gasteiger partial charge in [0.05, 0.1) is 12.1 Å². The normalized spacial score (nSPS) is 28.7. The highest BCUT2D eigenvalue weighted by Gasteiger charge is 2.53. The molecule has 2 heterocycles. The number of piperidine rings is 1. The van der Waals surface area contributed by atoms with Gasteiger partial charge in [0.15, 0.2) is 0 Å². The molecule has 152 valence electrons. The Balaban J connectivity index is 1.50. The van der Waals surface area contributed by atoms with Gasteiger partial charge in [0.1, 0.15) is 12.7 Å². The molecule has 6 nitrogen and oxygen atoms in total. The molecule has 4 rings (SSSR count). The highest BCUT2D eigenvalue weighted by molar-refractivity contribution is 5.80. The van der Waals surface area contributed by atoms with E-state index in [4.69, 9.17) is 4.74 Å². The Bertz CT molecular complexity index is 719. The molecule has 3 aliphatic rings. The Labute approximate surface area is 167 Å². The minimum absolute atomic E-state index is 0.000784. The Kier molecular flexibility index (Phi) is 5.43. The standard InChI is InChI=1S/C22H31N3O3/c1-23(18-10-6-7-11-18)15-20(26)25-13-12-22(17-8-4-3-5-9-17)19(14-25)28-16-21(27)24(22)2/h3-5,8-9,18-19H,6-7,10-16H2,1-2H3/t19-,22+/m1/s1. The maximum absolute atomic E-state index is 13.0. The van der Waals surface area contributed by atoms with Crippen molar-refractivity contribution in [3.63, 3.8) is 0 Å². The molecule has 6 heteroatoms. The summed E-state index contributed by atoms with van der Waals surface area (Å²) in [6.07, 6.45) is 5.42. The largest absolute Gasteiger partial charge is 0.364 e. The quantitative estimate of drug-likeness (QED) is 0.794. The zero-order valence-electron chi connectivity index (χ0n) is 17.0. The van der Waals surface area contributed by atoms with E-state index >= 15 is 0 Å². The zero-order valence-corrected chi connectivity index (χ0v) is 17.0. The number of fused-ring (bicyclic) bond motifs is 1. The maximum Gasteiger partial charge on any atom is 0.249 e. The second-order valence-electron chi connectivity index (χ2n) is 8.49. The molecule has 1 aromatic rings. The first-order valence-corrected chi connectivity index (χ1v) is 10.4. The molecule has 3 fully saturated rings. The number of hydrogen-bond donors (Lipinski definition) is 0. The van der Waals surface area contributed by atoms with Crippen molar-refractivity contribution in [2.75, 3.05) is 40.3 Å². The molecule has 0 radical (unpaired) electrons. The van der Waals surface area contributed by atoms with E-state index in [-0.39, 0.29) is 24.5 Å². The van der Waals surface area contributed by atoms with Crippen molar-refractivity contribution in [2.24, 2.45) is 0 Å². The zero-order chi connectivity index (χ0) is 19.7. The van der Waals surface area contributed by atoms with Crippen LogP contribution in [0.5, 0.6) is 0 Å².